The molecule has 184 valence electrons. The second kappa shape index (κ2) is 11.2. The first-order valence-electron chi connectivity index (χ1n) is 11.3. The second-order valence-electron chi connectivity index (χ2n) is 8.08. The normalized spacial score (nSPS) is 19.3. The van der Waals surface area contributed by atoms with Crippen LogP contribution in [0.2, 0.25) is 0 Å². The van der Waals surface area contributed by atoms with Gasteiger partial charge in [-0.1, -0.05) is 49.4 Å². The van der Waals surface area contributed by atoms with E-state index in [-0.39, 0.29) is 30.8 Å². The summed E-state index contributed by atoms with van der Waals surface area (Å²) in [6, 6.07) is 16.2. The van der Waals surface area contributed by atoms with Crippen LogP contribution in [0.1, 0.15) is 50.3 Å². The first kappa shape index (κ1) is 26.0. The number of ether oxygens (including phenoxy) is 2. The van der Waals surface area contributed by atoms with Crippen molar-refractivity contribution in [3.05, 3.63) is 98.4 Å². The van der Waals surface area contributed by atoms with Crippen molar-refractivity contribution in [3.8, 4) is 0 Å². The summed E-state index contributed by atoms with van der Waals surface area (Å²) in [5, 5.41) is 14.8. The van der Waals surface area contributed by atoms with Crippen LogP contribution in [0.3, 0.4) is 0 Å². The third-order valence-electron chi connectivity index (χ3n) is 5.96. The van der Waals surface area contributed by atoms with Gasteiger partial charge in [0.1, 0.15) is 6.10 Å². The van der Waals surface area contributed by atoms with Crippen LogP contribution in [0.5, 0.6) is 0 Å². The summed E-state index contributed by atoms with van der Waals surface area (Å²) in [4.78, 5) is 28.9. The number of halogens is 1. The zero-order valence-corrected chi connectivity index (χ0v) is 20.6. The highest BCUT2D eigenvalue weighted by molar-refractivity contribution is 6.03. The van der Waals surface area contributed by atoms with Gasteiger partial charge in [-0.2, -0.15) is 0 Å². The van der Waals surface area contributed by atoms with Crippen molar-refractivity contribution in [3.63, 3.8) is 0 Å². The minimum absolute atomic E-state index is 0. The molecule has 0 aromatic heterocycles. The summed E-state index contributed by atoms with van der Waals surface area (Å²) in [6.45, 7) is 6.21. The van der Waals surface area contributed by atoms with E-state index in [0.717, 1.165) is 11.3 Å². The van der Waals surface area contributed by atoms with Crippen LogP contribution in [0.4, 0.5) is 5.69 Å². The summed E-state index contributed by atoms with van der Waals surface area (Å²) in [6.07, 6.45) is 0.387. The maximum Gasteiger partial charge on any atom is 0.336 e. The lowest BCUT2D eigenvalue weighted by Gasteiger charge is -2.32. The van der Waals surface area contributed by atoms with Gasteiger partial charge >= 0.3 is 5.97 Å². The Morgan fingerprint density at radius 1 is 1.17 bits per heavy atom. The molecule has 0 aliphatic carbocycles. The number of nitrogens with zero attached hydrogens (tertiary/aromatic N) is 2. The van der Waals surface area contributed by atoms with Crippen molar-refractivity contribution in [1.82, 2.24) is 5.32 Å². The molecule has 2 atom stereocenters. The maximum atomic E-state index is 13.1. The number of nitro groups is 1. The van der Waals surface area contributed by atoms with Crippen molar-refractivity contribution in [2.45, 2.75) is 39.2 Å². The number of rotatable bonds is 7. The number of esters is 1. The van der Waals surface area contributed by atoms with E-state index in [0.29, 0.717) is 41.3 Å². The highest BCUT2D eigenvalue weighted by Crippen LogP contribution is 2.42. The fraction of sp³-hybridized carbons (Fsp3) is 0.308. The van der Waals surface area contributed by atoms with Gasteiger partial charge in [0.25, 0.3) is 5.69 Å². The van der Waals surface area contributed by atoms with Crippen molar-refractivity contribution >= 4 is 30.0 Å². The molecule has 0 saturated carbocycles. The Morgan fingerprint density at radius 2 is 1.89 bits per heavy atom. The van der Waals surface area contributed by atoms with Gasteiger partial charge in [0.2, 0.25) is 5.90 Å². The molecule has 2 aliphatic heterocycles. The Balaban J connectivity index is 0.00000342. The first-order valence-corrected chi connectivity index (χ1v) is 11.3. The smallest absolute Gasteiger partial charge is 0.336 e. The van der Waals surface area contributed by atoms with Gasteiger partial charge in [0, 0.05) is 29.1 Å². The van der Waals surface area contributed by atoms with E-state index in [9.17, 15) is 14.9 Å². The lowest BCUT2D eigenvalue weighted by atomic mass is 9.79. The third-order valence-corrected chi connectivity index (χ3v) is 5.96. The van der Waals surface area contributed by atoms with Gasteiger partial charge in [-0.3, -0.25) is 10.1 Å². The molecule has 0 radical (unpaired) electrons. The molecule has 2 aliphatic rings. The average Bonchev–Trinajstić information content (AvgIpc) is 3.34. The van der Waals surface area contributed by atoms with Crippen molar-refractivity contribution < 1.29 is 19.2 Å². The van der Waals surface area contributed by atoms with Crippen LogP contribution in [0.15, 0.2) is 82.1 Å². The van der Waals surface area contributed by atoms with Crippen molar-refractivity contribution in [2.75, 3.05) is 13.2 Å². The van der Waals surface area contributed by atoms with Crippen LogP contribution < -0.4 is 5.32 Å². The molecule has 2 aromatic rings. The van der Waals surface area contributed by atoms with Crippen LogP contribution in [-0.2, 0) is 14.3 Å². The number of carbonyl (C=O) groups excluding carboxylic acids is 1. The van der Waals surface area contributed by atoms with E-state index < -0.39 is 16.8 Å². The number of carbonyl (C=O) groups is 1. The van der Waals surface area contributed by atoms with Gasteiger partial charge < -0.3 is 14.8 Å². The number of allylic oxidation sites excluding steroid dienone is 2. The van der Waals surface area contributed by atoms with E-state index in [4.69, 9.17) is 14.5 Å². The molecule has 8 nitrogen and oxygen atoms in total. The van der Waals surface area contributed by atoms with E-state index >= 15 is 0 Å². The zero-order chi connectivity index (χ0) is 24.2. The minimum Gasteiger partial charge on any atom is -0.467 e. The fourth-order valence-corrected chi connectivity index (χ4v) is 4.42. The molecule has 0 amide bonds. The van der Waals surface area contributed by atoms with E-state index in [1.807, 2.05) is 44.2 Å². The number of nitro benzene ring substituents is 1. The Bertz CT molecular complexity index is 1210. The van der Waals surface area contributed by atoms with Crippen LogP contribution in [0, 0.1) is 10.1 Å². The van der Waals surface area contributed by atoms with Crippen LogP contribution in [-0.4, -0.2) is 29.9 Å². The topological polar surface area (TPSA) is 103 Å². The van der Waals surface area contributed by atoms with Crippen LogP contribution >= 0.6 is 12.4 Å². The zero-order valence-electron chi connectivity index (χ0n) is 19.8. The lowest BCUT2D eigenvalue weighted by molar-refractivity contribution is -0.384. The largest absolute Gasteiger partial charge is 0.467 e. The predicted octanol–water partition coefficient (Wildman–Crippen LogP) is 5.37. The molecule has 1 N–H and O–H groups in total. The molecule has 2 heterocycles. The highest BCUT2D eigenvalue weighted by Gasteiger charge is 2.40. The van der Waals surface area contributed by atoms with Gasteiger partial charge in [0.05, 0.1) is 29.6 Å². The minimum atomic E-state index is -0.622. The summed E-state index contributed by atoms with van der Waals surface area (Å²) in [5.41, 5.74) is 4.16. The predicted molar refractivity (Wildman–Crippen MR) is 135 cm³/mol. The van der Waals surface area contributed by atoms with Gasteiger partial charge in [-0.05, 0) is 31.4 Å². The number of benzene rings is 2. The maximum absolute atomic E-state index is 13.1. The lowest BCUT2D eigenvalue weighted by Crippen LogP contribution is -2.33. The number of nitrogens with one attached hydrogen (secondary N) is 1. The third kappa shape index (κ3) is 5.22. The second-order valence-corrected chi connectivity index (χ2v) is 8.08. The van der Waals surface area contributed by atoms with Gasteiger partial charge in [-0.25, -0.2) is 9.79 Å². The summed E-state index contributed by atoms with van der Waals surface area (Å²) in [5.74, 6) is -0.665. The molecular weight excluding hydrogens is 470 g/mol. The summed E-state index contributed by atoms with van der Waals surface area (Å²) < 4.78 is 11.7. The highest BCUT2D eigenvalue weighted by atomic mass is 35.5. The van der Waals surface area contributed by atoms with Crippen LogP contribution in [0.25, 0.3) is 0 Å². The van der Waals surface area contributed by atoms with Gasteiger partial charge in [-0.15, -0.1) is 12.4 Å². The standard InChI is InChI=1S/C26H27N3O5.ClH/c1-4-20-24(25-27-15-21(34-25)17-10-7-6-8-11-17)23(18-12-9-13-19(14-18)29(31)32)22(16(3)28-20)26(30)33-5-2;/h6-14,21,23,28H,4-5,15H2,1-3H3;1H. The summed E-state index contributed by atoms with van der Waals surface area (Å²) in [7, 11) is 0. The van der Waals surface area contributed by atoms with Crippen molar-refractivity contribution in [1.29, 1.82) is 0 Å². The molecule has 0 spiro atoms. The average molecular weight is 498 g/mol. The number of aliphatic imine (C=N–C) groups is 1. The van der Waals surface area contributed by atoms with Crippen molar-refractivity contribution in [2.24, 2.45) is 4.99 Å². The quantitative estimate of drug-likeness (QED) is 0.313. The first-order chi connectivity index (χ1) is 16.4. The number of hydrogen-bond donors (Lipinski definition) is 1. The van der Waals surface area contributed by atoms with E-state index in [2.05, 4.69) is 5.32 Å². The molecule has 35 heavy (non-hydrogen) atoms. The molecular formula is C26H28ClN3O5. The number of dihydropyridines is 1. The number of non-ortho nitro benzene ring substituents is 1. The molecule has 0 bridgehead atoms. The van der Waals surface area contributed by atoms with E-state index in [1.165, 1.54) is 12.1 Å². The van der Waals surface area contributed by atoms with Gasteiger partial charge in [0.15, 0.2) is 0 Å². The Morgan fingerprint density at radius 3 is 2.54 bits per heavy atom. The molecule has 2 aromatic carbocycles. The Hall–Kier alpha value is -3.65. The molecule has 2 unspecified atom stereocenters. The molecule has 9 heteroatoms. The molecule has 0 fully saturated rings. The van der Waals surface area contributed by atoms with E-state index in [1.54, 1.807) is 19.1 Å². The Labute approximate surface area is 210 Å². The molecule has 0 saturated heterocycles. The fourth-order valence-electron chi connectivity index (χ4n) is 4.42. The monoisotopic (exact) mass is 497 g/mol. The Kier molecular flexibility index (Phi) is 8.30. The molecule has 4 rings (SSSR count). The number of hydrogen-bond acceptors (Lipinski definition) is 7. The SMILES string of the molecule is CCOC(=O)C1=C(C)NC(CC)=C(C2=NCC(c3ccccc3)O2)C1c1cccc([N+](=O)[O-])c1.Cl. The summed E-state index contributed by atoms with van der Waals surface area (Å²) >= 11 is 0.